The van der Waals surface area contributed by atoms with Crippen LogP contribution < -0.4 is 31.0 Å². The molecular formula is C24H25N3O6. The number of nitrogens with one attached hydrogen (secondary N) is 2. The normalized spacial score (nSPS) is 13.1. The number of rotatable bonds is 8. The first-order chi connectivity index (χ1) is 15.8. The summed E-state index contributed by atoms with van der Waals surface area (Å²) < 4.78 is 10.8. The molecule has 3 N–H and O–H groups in total. The number of carbonyl (C=O) groups is 1. The third kappa shape index (κ3) is 4.21. The zero-order valence-corrected chi connectivity index (χ0v) is 18.6. The molecule has 0 bridgehead atoms. The van der Waals surface area contributed by atoms with Crippen LogP contribution in [0, 0.1) is 0 Å². The van der Waals surface area contributed by atoms with Crippen molar-refractivity contribution < 1.29 is 19.4 Å². The van der Waals surface area contributed by atoms with Crippen molar-refractivity contribution in [3.8, 4) is 17.2 Å². The SMILES string of the molecule is CCC(Cc1ccc2c(c1)OCO2)Nc1c(Nc2cccc(C(=O)N(C)C)c2O)c(=O)c1=O. The predicted molar refractivity (Wildman–Crippen MR) is 125 cm³/mol. The molecule has 0 saturated carbocycles. The maximum absolute atomic E-state index is 12.3. The number of aromatic hydroxyl groups is 1. The lowest BCUT2D eigenvalue weighted by molar-refractivity contribution is 0.0824. The van der Waals surface area contributed by atoms with E-state index in [0.717, 1.165) is 5.56 Å². The van der Waals surface area contributed by atoms with E-state index in [1.165, 1.54) is 17.0 Å². The van der Waals surface area contributed by atoms with Gasteiger partial charge in [0.15, 0.2) is 17.2 Å². The highest BCUT2D eigenvalue weighted by Crippen LogP contribution is 2.34. The minimum absolute atomic E-state index is 0.0638. The molecule has 4 rings (SSSR count). The molecule has 1 aliphatic heterocycles. The molecule has 0 fully saturated rings. The molecule has 9 heteroatoms. The van der Waals surface area contributed by atoms with Crippen LogP contribution in [0.4, 0.5) is 17.1 Å². The number of ether oxygens (including phenoxy) is 2. The van der Waals surface area contributed by atoms with Gasteiger partial charge in [0.25, 0.3) is 16.8 Å². The Morgan fingerprint density at radius 1 is 1.09 bits per heavy atom. The van der Waals surface area contributed by atoms with E-state index in [-0.39, 0.29) is 47.1 Å². The van der Waals surface area contributed by atoms with Crippen LogP contribution in [-0.4, -0.2) is 42.8 Å². The van der Waals surface area contributed by atoms with Crippen molar-refractivity contribution >= 4 is 23.0 Å². The van der Waals surface area contributed by atoms with Gasteiger partial charge in [0.2, 0.25) is 6.79 Å². The second-order valence-electron chi connectivity index (χ2n) is 8.08. The van der Waals surface area contributed by atoms with Gasteiger partial charge in [0.1, 0.15) is 11.4 Å². The zero-order valence-electron chi connectivity index (χ0n) is 18.6. The second kappa shape index (κ2) is 8.85. The summed E-state index contributed by atoms with van der Waals surface area (Å²) in [7, 11) is 3.15. The van der Waals surface area contributed by atoms with Crippen molar-refractivity contribution in [1.82, 2.24) is 4.90 Å². The molecular weight excluding hydrogens is 426 g/mol. The summed E-state index contributed by atoms with van der Waals surface area (Å²) in [6.07, 6.45) is 1.30. The quantitative estimate of drug-likeness (QED) is 0.353. The number of para-hydroxylation sites is 1. The molecule has 0 spiro atoms. The highest BCUT2D eigenvalue weighted by atomic mass is 16.7. The Kier molecular flexibility index (Phi) is 5.95. The molecule has 1 heterocycles. The molecule has 1 aliphatic rings. The molecule has 1 amide bonds. The number of hydrogen-bond acceptors (Lipinski definition) is 8. The molecule has 0 radical (unpaired) electrons. The fourth-order valence-corrected chi connectivity index (χ4v) is 3.70. The number of anilines is 3. The molecule has 3 aromatic carbocycles. The van der Waals surface area contributed by atoms with Crippen LogP contribution in [0.3, 0.4) is 0 Å². The fourth-order valence-electron chi connectivity index (χ4n) is 3.70. The maximum Gasteiger partial charge on any atom is 0.257 e. The van der Waals surface area contributed by atoms with Gasteiger partial charge in [-0.15, -0.1) is 0 Å². The number of benzene rings is 2. The van der Waals surface area contributed by atoms with Gasteiger partial charge in [-0.1, -0.05) is 19.1 Å². The fraction of sp³-hybridized carbons (Fsp3) is 0.292. The second-order valence-corrected chi connectivity index (χ2v) is 8.08. The first kappa shape index (κ1) is 22.2. The van der Waals surface area contributed by atoms with Crippen LogP contribution in [0.15, 0.2) is 46.0 Å². The molecule has 0 saturated heterocycles. The van der Waals surface area contributed by atoms with Crippen LogP contribution in [0.25, 0.3) is 0 Å². The average molecular weight is 451 g/mol. The van der Waals surface area contributed by atoms with Gasteiger partial charge in [0.05, 0.1) is 11.3 Å². The monoisotopic (exact) mass is 451 g/mol. The number of amides is 1. The summed E-state index contributed by atoms with van der Waals surface area (Å²) in [5, 5.41) is 16.5. The van der Waals surface area contributed by atoms with E-state index in [2.05, 4.69) is 10.6 Å². The molecule has 0 aliphatic carbocycles. The first-order valence-electron chi connectivity index (χ1n) is 10.6. The van der Waals surface area contributed by atoms with E-state index in [4.69, 9.17) is 9.47 Å². The molecule has 172 valence electrons. The van der Waals surface area contributed by atoms with E-state index in [1.54, 1.807) is 20.2 Å². The van der Waals surface area contributed by atoms with Gasteiger partial charge in [-0.2, -0.15) is 0 Å². The number of hydrogen-bond donors (Lipinski definition) is 3. The van der Waals surface area contributed by atoms with Gasteiger partial charge in [0, 0.05) is 20.1 Å². The van der Waals surface area contributed by atoms with Gasteiger partial charge in [-0.25, -0.2) is 0 Å². The van der Waals surface area contributed by atoms with Gasteiger partial charge in [-0.3, -0.25) is 14.4 Å². The summed E-state index contributed by atoms with van der Waals surface area (Å²) in [5.74, 6) is 0.710. The zero-order chi connectivity index (χ0) is 23.7. The Bertz CT molecular complexity index is 1280. The summed E-state index contributed by atoms with van der Waals surface area (Å²) >= 11 is 0. The van der Waals surface area contributed by atoms with Crippen LogP contribution in [0.2, 0.25) is 0 Å². The third-order valence-electron chi connectivity index (χ3n) is 5.60. The van der Waals surface area contributed by atoms with Crippen LogP contribution in [-0.2, 0) is 6.42 Å². The van der Waals surface area contributed by atoms with Crippen molar-refractivity contribution in [2.24, 2.45) is 0 Å². The van der Waals surface area contributed by atoms with Gasteiger partial charge in [-0.05, 0) is 42.7 Å². The van der Waals surface area contributed by atoms with Crippen molar-refractivity contribution in [2.45, 2.75) is 25.8 Å². The average Bonchev–Trinajstić information content (AvgIpc) is 3.28. The van der Waals surface area contributed by atoms with Crippen LogP contribution >= 0.6 is 0 Å². The number of phenolic OH excluding ortho intramolecular Hbond substituents is 1. The lowest BCUT2D eigenvalue weighted by Crippen LogP contribution is -2.39. The highest BCUT2D eigenvalue weighted by Gasteiger charge is 2.25. The molecule has 0 aromatic heterocycles. The van der Waals surface area contributed by atoms with Crippen molar-refractivity contribution in [3.05, 3.63) is 68.0 Å². The maximum atomic E-state index is 12.3. The summed E-state index contributed by atoms with van der Waals surface area (Å²) in [6.45, 7) is 2.17. The number of carbonyl (C=O) groups excluding carboxylic acids is 1. The van der Waals surface area contributed by atoms with E-state index in [9.17, 15) is 19.5 Å². The smallest absolute Gasteiger partial charge is 0.257 e. The highest BCUT2D eigenvalue weighted by molar-refractivity contribution is 5.99. The van der Waals surface area contributed by atoms with Crippen molar-refractivity contribution in [2.75, 3.05) is 31.5 Å². The van der Waals surface area contributed by atoms with E-state index < -0.39 is 10.9 Å². The Balaban J connectivity index is 1.54. The topological polar surface area (TPSA) is 117 Å². The Labute approximate surface area is 190 Å². The number of fused-ring (bicyclic) bond motifs is 1. The summed E-state index contributed by atoms with van der Waals surface area (Å²) in [4.78, 5) is 38.2. The van der Waals surface area contributed by atoms with Crippen LogP contribution in [0.5, 0.6) is 17.2 Å². The first-order valence-corrected chi connectivity index (χ1v) is 10.6. The minimum atomic E-state index is -0.681. The molecule has 33 heavy (non-hydrogen) atoms. The van der Waals surface area contributed by atoms with Crippen LogP contribution in [0.1, 0.15) is 29.3 Å². The number of nitrogens with zero attached hydrogens (tertiary/aromatic N) is 1. The lowest BCUT2D eigenvalue weighted by atomic mass is 10.0. The largest absolute Gasteiger partial charge is 0.505 e. The van der Waals surface area contributed by atoms with Crippen molar-refractivity contribution in [3.63, 3.8) is 0 Å². The molecule has 9 nitrogen and oxygen atoms in total. The van der Waals surface area contributed by atoms with Gasteiger partial charge < -0.3 is 30.1 Å². The summed E-state index contributed by atoms with van der Waals surface area (Å²) in [5.41, 5.74) is 0.180. The molecule has 1 unspecified atom stereocenters. The molecule has 1 atom stereocenters. The van der Waals surface area contributed by atoms with E-state index in [0.29, 0.717) is 24.3 Å². The minimum Gasteiger partial charge on any atom is -0.505 e. The van der Waals surface area contributed by atoms with E-state index >= 15 is 0 Å². The third-order valence-corrected chi connectivity index (χ3v) is 5.60. The predicted octanol–water partition coefficient (Wildman–Crippen LogP) is 2.60. The standard InChI is InChI=1S/C24H25N3O6/c1-4-14(10-13-8-9-17-18(11-13)33-12-32-17)25-19-20(23(30)22(19)29)26-16-7-5-6-15(21(16)28)24(31)27(2)3/h5-9,11,14,25-26,28H,4,10,12H2,1-3H3. The Hall–Kier alpha value is -4.01. The Morgan fingerprint density at radius 3 is 2.55 bits per heavy atom. The van der Waals surface area contributed by atoms with Crippen molar-refractivity contribution in [1.29, 1.82) is 0 Å². The van der Waals surface area contributed by atoms with E-state index in [1.807, 2.05) is 25.1 Å². The number of phenols is 1. The molecule has 3 aromatic rings. The Morgan fingerprint density at radius 2 is 1.82 bits per heavy atom. The lowest BCUT2D eigenvalue weighted by Gasteiger charge is -2.22. The summed E-state index contributed by atoms with van der Waals surface area (Å²) in [6, 6.07) is 10.2. The van der Waals surface area contributed by atoms with Gasteiger partial charge >= 0.3 is 0 Å².